The van der Waals surface area contributed by atoms with E-state index in [-0.39, 0.29) is 29.5 Å². The molecule has 1 aliphatic rings. The van der Waals surface area contributed by atoms with Gasteiger partial charge in [0.2, 0.25) is 5.91 Å². The van der Waals surface area contributed by atoms with Crippen molar-refractivity contribution >= 4 is 39.4 Å². The molecule has 0 aromatic carbocycles. The van der Waals surface area contributed by atoms with Crippen LogP contribution in [-0.2, 0) is 19.1 Å². The van der Waals surface area contributed by atoms with Crippen LogP contribution in [0.4, 0.5) is 0 Å². The highest BCUT2D eigenvalue weighted by atomic mass is 33.1. The summed E-state index contributed by atoms with van der Waals surface area (Å²) in [6, 6.07) is -1.72. The Morgan fingerprint density at radius 1 is 1.23 bits per heavy atom. The molecule has 1 fully saturated rings. The summed E-state index contributed by atoms with van der Waals surface area (Å²) in [6.45, 7) is 10.1. The highest BCUT2D eigenvalue weighted by Crippen LogP contribution is 2.35. The number of carbonyl (C=O) groups is 3. The Labute approximate surface area is 192 Å². The van der Waals surface area contributed by atoms with Crippen molar-refractivity contribution < 1.29 is 29.3 Å². The Morgan fingerprint density at radius 2 is 1.87 bits per heavy atom. The Bertz CT molecular complexity index is 614. The molecule has 0 radical (unpaired) electrons. The Kier molecular flexibility index (Phi) is 11.6. The summed E-state index contributed by atoms with van der Waals surface area (Å²) in [5.74, 6) is -1.56. The number of hydrogen-bond acceptors (Lipinski definition) is 8. The minimum absolute atomic E-state index is 0.0715. The summed E-state index contributed by atoms with van der Waals surface area (Å²) >= 11 is 0. The second kappa shape index (κ2) is 12.9. The molecule has 0 bridgehead atoms. The summed E-state index contributed by atoms with van der Waals surface area (Å²) < 4.78 is 5.75. The van der Waals surface area contributed by atoms with Crippen LogP contribution in [0.1, 0.15) is 53.9 Å². The molecule has 0 aromatic rings. The number of nitrogens with one attached hydrogen (secondary N) is 2. The number of nitrogens with two attached hydrogens (primary N) is 1. The predicted octanol–water partition coefficient (Wildman–Crippen LogP) is 1.13. The van der Waals surface area contributed by atoms with E-state index in [4.69, 9.17) is 10.5 Å². The fourth-order valence-corrected chi connectivity index (χ4v) is 5.34. The monoisotopic (exact) mass is 479 g/mol. The van der Waals surface area contributed by atoms with Gasteiger partial charge in [-0.15, -0.1) is 0 Å². The van der Waals surface area contributed by atoms with Crippen LogP contribution in [0.25, 0.3) is 0 Å². The quantitative estimate of drug-likeness (QED) is 0.275. The zero-order valence-electron chi connectivity index (χ0n) is 18.9. The number of hydrogen-bond donors (Lipinski definition) is 5. The van der Waals surface area contributed by atoms with Crippen molar-refractivity contribution in [1.29, 1.82) is 0 Å². The van der Waals surface area contributed by atoms with Crippen LogP contribution in [0.2, 0.25) is 0 Å². The maximum absolute atomic E-state index is 12.5. The summed E-state index contributed by atoms with van der Waals surface area (Å²) in [5, 5.41) is 24.7. The van der Waals surface area contributed by atoms with Gasteiger partial charge in [0.05, 0.1) is 18.2 Å². The van der Waals surface area contributed by atoms with Gasteiger partial charge in [-0.2, -0.15) is 0 Å². The number of amides is 2. The molecule has 2 amide bonds. The molecule has 1 saturated heterocycles. The Balaban J connectivity index is 2.53. The number of aliphatic carboxylic acids is 1. The van der Waals surface area contributed by atoms with Gasteiger partial charge in [-0.25, -0.2) is 4.79 Å². The molecule has 1 rings (SSSR count). The summed E-state index contributed by atoms with van der Waals surface area (Å²) in [4.78, 5) is 36.1. The average Bonchev–Trinajstić information content (AvgIpc) is 2.64. The summed E-state index contributed by atoms with van der Waals surface area (Å²) in [5.41, 5.74) is 5.94. The van der Waals surface area contributed by atoms with E-state index < -0.39 is 42.3 Å². The van der Waals surface area contributed by atoms with E-state index in [1.54, 1.807) is 21.6 Å². The fourth-order valence-electron chi connectivity index (χ4n) is 2.91. The SMILES string of the molecule is CC(C)C[C@H](NC(=O)[C@H]1O[C@H](CNC(=O)[C@H](N)CSSC(C)(C)C)CC[C@@H]1O)C(=O)O. The normalized spacial score (nSPS) is 23.8. The second-order valence-electron chi connectivity index (χ2n) is 9.18. The summed E-state index contributed by atoms with van der Waals surface area (Å²) in [6.07, 6.45) is -1.65. The van der Waals surface area contributed by atoms with Crippen LogP contribution in [0.3, 0.4) is 0 Å². The third-order valence-electron chi connectivity index (χ3n) is 4.45. The maximum atomic E-state index is 12.5. The molecule has 1 aliphatic heterocycles. The van der Waals surface area contributed by atoms with Gasteiger partial charge in [-0.3, -0.25) is 9.59 Å². The Morgan fingerprint density at radius 3 is 2.42 bits per heavy atom. The van der Waals surface area contributed by atoms with Crippen LogP contribution < -0.4 is 16.4 Å². The first-order valence-electron chi connectivity index (χ1n) is 10.5. The molecule has 9 nitrogen and oxygen atoms in total. The van der Waals surface area contributed by atoms with Gasteiger partial charge < -0.3 is 31.3 Å². The number of aliphatic hydroxyl groups excluding tert-OH is 1. The number of carboxylic acid groups (broad SMARTS) is 1. The second-order valence-corrected chi connectivity index (χ2v) is 12.4. The lowest BCUT2D eigenvalue weighted by molar-refractivity contribution is -0.160. The van der Waals surface area contributed by atoms with Crippen LogP contribution >= 0.6 is 21.6 Å². The average molecular weight is 480 g/mol. The number of ether oxygens (including phenoxy) is 1. The first kappa shape index (κ1) is 28.0. The molecule has 180 valence electrons. The number of carboxylic acids is 1. The molecule has 0 aliphatic carbocycles. The van der Waals surface area contributed by atoms with E-state index >= 15 is 0 Å². The first-order valence-corrected chi connectivity index (χ1v) is 12.8. The van der Waals surface area contributed by atoms with Gasteiger partial charge in [0.1, 0.15) is 6.04 Å². The van der Waals surface area contributed by atoms with Crippen molar-refractivity contribution in [1.82, 2.24) is 10.6 Å². The number of carbonyl (C=O) groups excluding carboxylic acids is 2. The predicted molar refractivity (Wildman–Crippen MR) is 124 cm³/mol. The van der Waals surface area contributed by atoms with E-state index in [1.165, 1.54) is 0 Å². The van der Waals surface area contributed by atoms with Crippen LogP contribution in [0.5, 0.6) is 0 Å². The van der Waals surface area contributed by atoms with Crippen molar-refractivity contribution in [3.63, 3.8) is 0 Å². The molecule has 0 saturated carbocycles. The largest absolute Gasteiger partial charge is 0.480 e. The third kappa shape index (κ3) is 10.9. The topological polar surface area (TPSA) is 151 Å². The Hall–Kier alpha value is -1.01. The lowest BCUT2D eigenvalue weighted by Crippen LogP contribution is -2.55. The smallest absolute Gasteiger partial charge is 0.326 e. The van der Waals surface area contributed by atoms with Crippen molar-refractivity contribution in [3.05, 3.63) is 0 Å². The molecule has 0 spiro atoms. The van der Waals surface area contributed by atoms with Gasteiger partial charge in [-0.1, -0.05) is 56.2 Å². The maximum Gasteiger partial charge on any atom is 0.326 e. The molecule has 0 aromatic heterocycles. The molecule has 6 N–H and O–H groups in total. The van der Waals surface area contributed by atoms with Crippen molar-refractivity contribution in [2.75, 3.05) is 12.3 Å². The standard InChI is InChI=1S/C20H37N3O6S2/c1-11(2)8-14(19(27)28)23-18(26)16-15(24)7-6-12(29-16)9-22-17(25)13(21)10-30-31-20(3,4)5/h11-16,24H,6-10,21H2,1-5H3,(H,22,25)(H,23,26)(H,27,28)/t12-,13+,14-,15-,16-/m0/s1. The van der Waals surface area contributed by atoms with Gasteiger partial charge >= 0.3 is 5.97 Å². The summed E-state index contributed by atoms with van der Waals surface area (Å²) in [7, 11) is 3.20. The molecule has 0 unspecified atom stereocenters. The lowest BCUT2D eigenvalue weighted by atomic mass is 9.99. The van der Waals surface area contributed by atoms with Gasteiger partial charge in [-0.05, 0) is 25.2 Å². The van der Waals surface area contributed by atoms with E-state index in [2.05, 4.69) is 31.4 Å². The van der Waals surface area contributed by atoms with Gasteiger partial charge in [0, 0.05) is 17.0 Å². The van der Waals surface area contributed by atoms with Crippen LogP contribution in [0.15, 0.2) is 0 Å². The highest BCUT2D eigenvalue weighted by Gasteiger charge is 2.37. The number of aliphatic hydroxyl groups is 1. The minimum atomic E-state index is -1.18. The fraction of sp³-hybridized carbons (Fsp3) is 0.850. The van der Waals surface area contributed by atoms with E-state index in [0.717, 1.165) is 0 Å². The van der Waals surface area contributed by atoms with E-state index in [0.29, 0.717) is 18.6 Å². The van der Waals surface area contributed by atoms with Crippen molar-refractivity contribution in [2.24, 2.45) is 11.7 Å². The van der Waals surface area contributed by atoms with Gasteiger partial charge in [0.15, 0.2) is 6.10 Å². The van der Waals surface area contributed by atoms with E-state index in [9.17, 15) is 24.6 Å². The first-order chi connectivity index (χ1) is 14.3. The molecular formula is C20H37N3O6S2. The highest BCUT2D eigenvalue weighted by molar-refractivity contribution is 8.77. The third-order valence-corrected chi connectivity index (χ3v) is 7.83. The molecule has 1 heterocycles. The zero-order chi connectivity index (χ0) is 23.8. The van der Waals surface area contributed by atoms with E-state index in [1.807, 2.05) is 13.8 Å². The van der Waals surface area contributed by atoms with Crippen LogP contribution in [-0.4, -0.2) is 75.4 Å². The minimum Gasteiger partial charge on any atom is -0.480 e. The molecule has 5 atom stereocenters. The van der Waals surface area contributed by atoms with Crippen molar-refractivity contribution in [2.45, 2.75) is 89.0 Å². The number of rotatable bonds is 11. The zero-order valence-corrected chi connectivity index (χ0v) is 20.6. The van der Waals surface area contributed by atoms with Crippen molar-refractivity contribution in [3.8, 4) is 0 Å². The lowest BCUT2D eigenvalue weighted by Gasteiger charge is -2.34. The molecular weight excluding hydrogens is 442 g/mol. The van der Waals surface area contributed by atoms with Gasteiger partial charge in [0.25, 0.3) is 5.91 Å². The van der Waals surface area contributed by atoms with Crippen LogP contribution in [0, 0.1) is 5.92 Å². The molecule has 31 heavy (non-hydrogen) atoms. The molecule has 11 heteroatoms.